The molecule has 1 heterocycles. The van der Waals surface area contributed by atoms with Gasteiger partial charge in [-0.1, -0.05) is 6.92 Å². The molecule has 0 saturated carbocycles. The SMILES string of the molecule is CCC(N(C)c1nc(=O)[nH]c(NC)c1C)C(N)(O)N(C(=O)C(O)(O)C#N)C(O)(O)C(O)O. The van der Waals surface area contributed by atoms with E-state index >= 15 is 0 Å². The van der Waals surface area contributed by atoms with Gasteiger partial charge in [0.05, 0.1) is 6.04 Å². The van der Waals surface area contributed by atoms with E-state index in [0.29, 0.717) is 5.56 Å². The number of hydrogen-bond acceptors (Lipinski definition) is 14. The van der Waals surface area contributed by atoms with Crippen molar-refractivity contribution in [2.45, 2.75) is 50.1 Å². The molecule has 0 fully saturated rings. The molecule has 0 spiro atoms. The number of aliphatic hydroxyl groups is 7. The van der Waals surface area contributed by atoms with Gasteiger partial charge in [0.25, 0.3) is 0 Å². The summed E-state index contributed by atoms with van der Waals surface area (Å²) in [6, 6.07) is -0.859. The Bertz CT molecular complexity index is 939. The molecular formula is C16H27N7O9. The summed E-state index contributed by atoms with van der Waals surface area (Å²) in [7, 11) is 2.75. The zero-order chi connectivity index (χ0) is 25.2. The maximum atomic E-state index is 12.5. The van der Waals surface area contributed by atoms with Crippen LogP contribution < -0.4 is 21.6 Å². The Labute approximate surface area is 181 Å². The van der Waals surface area contributed by atoms with Gasteiger partial charge >= 0.3 is 23.3 Å². The standard InChI is InChI=1S/C16H27N7O9/c1-5-8(22(4)10-7(2)9(19-3)20-13(27)21-10)15(18,30)23(16(31,32)12(25)26)11(24)14(28,29)6-17/h8,12,25-26,28-32H,5,18H2,1-4H3,(H2,19,20,21,27). The van der Waals surface area contributed by atoms with E-state index in [9.17, 15) is 45.3 Å². The molecular weight excluding hydrogens is 434 g/mol. The van der Waals surface area contributed by atoms with E-state index in [1.807, 2.05) is 0 Å². The van der Waals surface area contributed by atoms with E-state index in [1.54, 1.807) is 0 Å². The molecule has 1 aromatic rings. The summed E-state index contributed by atoms with van der Waals surface area (Å²) in [5.74, 6) is -13.5. The number of carbonyl (C=O) groups excluding carboxylic acids is 1. The van der Waals surface area contributed by atoms with Crippen LogP contribution in [0.15, 0.2) is 4.79 Å². The van der Waals surface area contributed by atoms with Crippen molar-refractivity contribution < 1.29 is 40.5 Å². The molecule has 180 valence electrons. The Morgan fingerprint density at radius 3 is 2.25 bits per heavy atom. The highest BCUT2D eigenvalue weighted by Crippen LogP contribution is 2.31. The van der Waals surface area contributed by atoms with Gasteiger partial charge in [0.1, 0.15) is 17.7 Å². The van der Waals surface area contributed by atoms with E-state index in [4.69, 9.17) is 11.0 Å². The molecule has 1 amide bonds. The van der Waals surface area contributed by atoms with Crippen molar-refractivity contribution in [2.75, 3.05) is 24.3 Å². The summed E-state index contributed by atoms with van der Waals surface area (Å²) in [5, 5.41) is 80.6. The highest BCUT2D eigenvalue weighted by Gasteiger charge is 2.59. The summed E-state index contributed by atoms with van der Waals surface area (Å²) in [6.07, 6.45) is -3.42. The third kappa shape index (κ3) is 4.79. The summed E-state index contributed by atoms with van der Waals surface area (Å²) < 4.78 is 0. The van der Waals surface area contributed by atoms with Gasteiger partial charge < -0.3 is 46.0 Å². The number of likely N-dealkylation sites (N-methyl/N-ethyl adjacent to an activating group) is 1. The topological polar surface area (TPSA) is 273 Å². The minimum atomic E-state index is -4.10. The number of nitrogens with two attached hydrogens (primary N) is 1. The number of aromatic amines is 1. The van der Waals surface area contributed by atoms with Crippen molar-refractivity contribution in [1.82, 2.24) is 14.9 Å². The first kappa shape index (κ1) is 27.2. The number of rotatable bonds is 9. The van der Waals surface area contributed by atoms with Gasteiger partial charge in [0, 0.05) is 19.7 Å². The number of amides is 1. The van der Waals surface area contributed by atoms with E-state index in [0.717, 1.165) is 11.0 Å². The number of nitrogens with zero attached hydrogens (tertiary/aromatic N) is 4. The number of aromatic nitrogens is 2. The third-order valence-corrected chi connectivity index (χ3v) is 4.77. The molecule has 0 aliphatic rings. The van der Waals surface area contributed by atoms with Gasteiger partial charge in [0.15, 0.2) is 0 Å². The number of nitriles is 1. The van der Waals surface area contributed by atoms with Gasteiger partial charge in [-0.25, -0.2) is 9.69 Å². The first-order valence-corrected chi connectivity index (χ1v) is 9.04. The maximum Gasteiger partial charge on any atom is 0.348 e. The molecule has 0 aliphatic carbocycles. The summed E-state index contributed by atoms with van der Waals surface area (Å²) >= 11 is 0. The van der Waals surface area contributed by atoms with E-state index < -0.39 is 46.4 Å². The second-order valence-corrected chi connectivity index (χ2v) is 6.92. The number of nitrogens with one attached hydrogen (secondary N) is 2. The predicted molar refractivity (Wildman–Crippen MR) is 106 cm³/mol. The van der Waals surface area contributed by atoms with E-state index in [1.165, 1.54) is 27.9 Å². The first-order valence-electron chi connectivity index (χ1n) is 9.04. The molecule has 11 N–H and O–H groups in total. The maximum absolute atomic E-state index is 12.5. The molecule has 16 heteroatoms. The molecule has 1 rings (SSSR count). The fraction of sp³-hybridized carbons (Fsp3) is 0.625. The van der Waals surface area contributed by atoms with Crippen molar-refractivity contribution in [1.29, 1.82) is 5.26 Å². The van der Waals surface area contributed by atoms with Gasteiger partial charge in [0.2, 0.25) is 12.1 Å². The van der Waals surface area contributed by atoms with Gasteiger partial charge in [-0.2, -0.15) is 10.2 Å². The van der Waals surface area contributed by atoms with Crippen LogP contribution in [0.3, 0.4) is 0 Å². The molecule has 2 unspecified atom stereocenters. The Balaban J connectivity index is 3.74. The van der Waals surface area contributed by atoms with Crippen LogP contribution >= 0.6 is 0 Å². The number of carbonyl (C=O) groups is 1. The number of anilines is 2. The van der Waals surface area contributed by atoms with Crippen LogP contribution in [0.5, 0.6) is 0 Å². The fourth-order valence-corrected chi connectivity index (χ4v) is 3.16. The Morgan fingerprint density at radius 2 is 1.84 bits per heavy atom. The van der Waals surface area contributed by atoms with Crippen molar-refractivity contribution >= 4 is 17.5 Å². The molecule has 2 atom stereocenters. The summed E-state index contributed by atoms with van der Waals surface area (Å²) in [6.45, 7) is 2.93. The molecule has 0 aromatic carbocycles. The summed E-state index contributed by atoms with van der Waals surface area (Å²) in [5.41, 5.74) is 5.32. The van der Waals surface area contributed by atoms with Crippen LogP contribution in [-0.4, -0.2) is 100 Å². The number of aliphatic hydroxyl groups excluding tert-OH is 1. The molecule has 0 radical (unpaired) electrons. The average molecular weight is 461 g/mol. The quantitative estimate of drug-likeness (QED) is 0.122. The van der Waals surface area contributed by atoms with E-state index in [2.05, 4.69) is 15.3 Å². The second kappa shape index (κ2) is 9.32. The normalized spacial score (nSPS) is 15.0. The second-order valence-electron chi connectivity index (χ2n) is 6.92. The molecule has 16 nitrogen and oxygen atoms in total. The Kier molecular flexibility index (Phi) is 7.90. The minimum absolute atomic E-state index is 0.0909. The van der Waals surface area contributed by atoms with Crippen molar-refractivity contribution in [3.8, 4) is 6.07 Å². The smallest absolute Gasteiger partial charge is 0.348 e. The molecule has 0 saturated heterocycles. The van der Waals surface area contributed by atoms with Crippen molar-refractivity contribution in [3.05, 3.63) is 16.0 Å². The van der Waals surface area contributed by atoms with Gasteiger partial charge in [-0.15, -0.1) is 0 Å². The van der Waals surface area contributed by atoms with E-state index in [-0.39, 0.29) is 18.1 Å². The highest BCUT2D eigenvalue weighted by molar-refractivity contribution is 5.87. The predicted octanol–water partition coefficient (Wildman–Crippen LogP) is -5.08. The number of H-pyrrole nitrogens is 1. The first-order chi connectivity index (χ1) is 14.5. The van der Waals surface area contributed by atoms with Crippen LogP contribution in [0.25, 0.3) is 0 Å². The van der Waals surface area contributed by atoms with Crippen LogP contribution in [0, 0.1) is 18.3 Å². The highest BCUT2D eigenvalue weighted by atomic mass is 16.6. The lowest BCUT2D eigenvalue weighted by atomic mass is 10.0. The van der Waals surface area contributed by atoms with Gasteiger partial charge in [-0.05, 0) is 13.3 Å². The van der Waals surface area contributed by atoms with Gasteiger partial charge in [-0.3, -0.25) is 15.5 Å². The van der Waals surface area contributed by atoms with Crippen LogP contribution in [0.4, 0.5) is 11.6 Å². The molecule has 32 heavy (non-hydrogen) atoms. The fourth-order valence-electron chi connectivity index (χ4n) is 3.16. The van der Waals surface area contributed by atoms with Crippen LogP contribution in [-0.2, 0) is 4.79 Å². The minimum Gasteiger partial charge on any atom is -0.374 e. The molecule has 0 aliphatic heterocycles. The summed E-state index contributed by atoms with van der Waals surface area (Å²) in [4.78, 5) is 31.0. The lowest BCUT2D eigenvalue weighted by Gasteiger charge is -2.50. The monoisotopic (exact) mass is 461 g/mol. The lowest BCUT2D eigenvalue weighted by molar-refractivity contribution is -0.389. The zero-order valence-corrected chi connectivity index (χ0v) is 17.7. The lowest BCUT2D eigenvalue weighted by Crippen LogP contribution is -2.79. The van der Waals surface area contributed by atoms with Crippen molar-refractivity contribution in [2.24, 2.45) is 5.73 Å². The largest absolute Gasteiger partial charge is 0.374 e. The third-order valence-electron chi connectivity index (χ3n) is 4.77. The van der Waals surface area contributed by atoms with Crippen LogP contribution in [0.2, 0.25) is 0 Å². The zero-order valence-electron chi connectivity index (χ0n) is 17.7. The number of hydrogen-bond donors (Lipinski definition) is 10. The Hall–Kier alpha value is -2.88. The van der Waals surface area contributed by atoms with Crippen molar-refractivity contribution in [3.63, 3.8) is 0 Å². The Morgan fingerprint density at radius 1 is 1.31 bits per heavy atom. The average Bonchev–Trinajstić information content (AvgIpc) is 2.68. The van der Waals surface area contributed by atoms with Crippen LogP contribution in [0.1, 0.15) is 18.9 Å². The molecule has 1 aromatic heterocycles. The molecule has 0 bridgehead atoms.